The van der Waals surface area contributed by atoms with Crippen LogP contribution in [0, 0.1) is 3.70 Å². The van der Waals surface area contributed by atoms with E-state index in [2.05, 4.69) is 4.98 Å². The average molecular weight is 314 g/mol. The summed E-state index contributed by atoms with van der Waals surface area (Å²) in [6.07, 6.45) is -2.67. The molecular formula is C8H9F2IN2O. The number of nitrogens with two attached hydrogens (primary N) is 1. The average Bonchev–Trinajstić information content (AvgIpc) is 2.17. The molecule has 0 unspecified atom stereocenters. The highest BCUT2D eigenvalue weighted by molar-refractivity contribution is 14.1. The van der Waals surface area contributed by atoms with E-state index in [1.165, 1.54) is 6.07 Å². The molecule has 0 spiro atoms. The molecule has 0 aliphatic heterocycles. The third-order valence-corrected chi connectivity index (χ3v) is 2.69. The molecular weight excluding hydrogens is 305 g/mol. The van der Waals surface area contributed by atoms with Crippen molar-refractivity contribution in [3.63, 3.8) is 0 Å². The predicted molar refractivity (Wildman–Crippen MR) is 55.7 cm³/mol. The van der Waals surface area contributed by atoms with Crippen molar-refractivity contribution in [1.82, 2.24) is 4.98 Å². The third kappa shape index (κ3) is 2.37. The van der Waals surface area contributed by atoms with Gasteiger partial charge in [0.2, 0.25) is 0 Å². The molecule has 78 valence electrons. The predicted octanol–water partition coefficient (Wildman–Crippen LogP) is 1.57. The molecule has 0 saturated heterocycles. The highest BCUT2D eigenvalue weighted by atomic mass is 127. The van der Waals surface area contributed by atoms with Gasteiger partial charge in [-0.1, -0.05) is 0 Å². The lowest BCUT2D eigenvalue weighted by Gasteiger charge is -2.09. The van der Waals surface area contributed by atoms with E-state index >= 15 is 0 Å². The molecule has 0 bridgehead atoms. The summed E-state index contributed by atoms with van der Waals surface area (Å²) in [7, 11) is 0. The number of aromatic nitrogens is 1. The number of rotatable bonds is 3. The van der Waals surface area contributed by atoms with Gasteiger partial charge in [-0.2, -0.15) is 0 Å². The smallest absolute Gasteiger partial charge is 0.280 e. The summed E-state index contributed by atoms with van der Waals surface area (Å²) in [4.78, 5) is 3.71. The Morgan fingerprint density at radius 3 is 2.57 bits per heavy atom. The van der Waals surface area contributed by atoms with Crippen LogP contribution < -0.4 is 5.73 Å². The summed E-state index contributed by atoms with van der Waals surface area (Å²) < 4.78 is 25.3. The largest absolute Gasteiger partial charge is 0.392 e. The third-order valence-electron chi connectivity index (χ3n) is 1.76. The van der Waals surface area contributed by atoms with Gasteiger partial charge < -0.3 is 10.8 Å². The highest BCUT2D eigenvalue weighted by Gasteiger charge is 2.16. The van der Waals surface area contributed by atoms with E-state index in [4.69, 9.17) is 10.8 Å². The monoisotopic (exact) mass is 314 g/mol. The van der Waals surface area contributed by atoms with Gasteiger partial charge in [-0.05, 0) is 34.2 Å². The molecule has 1 rings (SSSR count). The SMILES string of the molecule is NCc1cc(CO)c(C(F)F)nc1I. The van der Waals surface area contributed by atoms with Crippen molar-refractivity contribution in [2.24, 2.45) is 5.73 Å². The molecule has 1 aromatic heterocycles. The van der Waals surface area contributed by atoms with Crippen molar-refractivity contribution in [2.45, 2.75) is 19.6 Å². The number of pyridine rings is 1. The van der Waals surface area contributed by atoms with Crippen LogP contribution in [0.2, 0.25) is 0 Å². The molecule has 6 heteroatoms. The first kappa shape index (κ1) is 11.7. The van der Waals surface area contributed by atoms with Crippen molar-refractivity contribution in [3.8, 4) is 0 Å². The number of alkyl halides is 2. The molecule has 14 heavy (non-hydrogen) atoms. The Labute approximate surface area is 93.5 Å². The maximum atomic E-state index is 12.4. The first-order chi connectivity index (χ1) is 6.60. The maximum absolute atomic E-state index is 12.4. The number of hydrogen-bond acceptors (Lipinski definition) is 3. The van der Waals surface area contributed by atoms with Crippen LogP contribution in [0.25, 0.3) is 0 Å². The van der Waals surface area contributed by atoms with Crippen LogP contribution in [-0.4, -0.2) is 10.1 Å². The minimum atomic E-state index is -2.67. The van der Waals surface area contributed by atoms with Gasteiger partial charge in [-0.25, -0.2) is 13.8 Å². The topological polar surface area (TPSA) is 59.1 Å². The Balaban J connectivity index is 3.24. The highest BCUT2D eigenvalue weighted by Crippen LogP contribution is 2.24. The van der Waals surface area contributed by atoms with Gasteiger partial charge >= 0.3 is 0 Å². The lowest BCUT2D eigenvalue weighted by atomic mass is 10.1. The summed E-state index contributed by atoms with van der Waals surface area (Å²) >= 11 is 1.85. The normalized spacial score (nSPS) is 11.0. The van der Waals surface area contributed by atoms with Crippen molar-refractivity contribution in [3.05, 3.63) is 26.6 Å². The lowest BCUT2D eigenvalue weighted by Crippen LogP contribution is -2.07. The molecule has 0 aromatic carbocycles. The molecule has 0 saturated carbocycles. The summed E-state index contributed by atoms with van der Waals surface area (Å²) in [6.45, 7) is -0.224. The van der Waals surface area contributed by atoms with E-state index in [0.717, 1.165) is 0 Å². The zero-order chi connectivity index (χ0) is 10.7. The van der Waals surface area contributed by atoms with Crippen molar-refractivity contribution in [1.29, 1.82) is 0 Å². The Kier molecular flexibility index (Phi) is 4.14. The van der Waals surface area contributed by atoms with Crippen LogP contribution in [0.3, 0.4) is 0 Å². The van der Waals surface area contributed by atoms with Crippen LogP contribution >= 0.6 is 22.6 Å². The minimum absolute atomic E-state index is 0.140. The fourth-order valence-electron chi connectivity index (χ4n) is 1.05. The van der Waals surface area contributed by atoms with Crippen LogP contribution in [-0.2, 0) is 13.2 Å². The van der Waals surface area contributed by atoms with E-state index in [1.807, 2.05) is 22.6 Å². The minimum Gasteiger partial charge on any atom is -0.392 e. The molecule has 1 heterocycles. The van der Waals surface area contributed by atoms with E-state index < -0.39 is 13.0 Å². The number of aliphatic hydroxyl groups excluding tert-OH is 1. The second kappa shape index (κ2) is 4.94. The molecule has 0 atom stereocenters. The molecule has 1 aromatic rings. The Morgan fingerprint density at radius 2 is 2.14 bits per heavy atom. The van der Waals surface area contributed by atoms with Crippen molar-refractivity contribution < 1.29 is 13.9 Å². The second-order valence-electron chi connectivity index (χ2n) is 2.65. The number of nitrogens with zero attached hydrogens (tertiary/aromatic N) is 1. The van der Waals surface area contributed by atoms with Gasteiger partial charge in [0.25, 0.3) is 6.43 Å². The molecule has 3 N–H and O–H groups in total. The van der Waals surface area contributed by atoms with Gasteiger partial charge in [-0.3, -0.25) is 0 Å². The second-order valence-corrected chi connectivity index (χ2v) is 3.67. The Morgan fingerprint density at radius 1 is 1.50 bits per heavy atom. The lowest BCUT2D eigenvalue weighted by molar-refractivity contribution is 0.141. The van der Waals surface area contributed by atoms with Gasteiger partial charge in [0.15, 0.2) is 0 Å². The van der Waals surface area contributed by atoms with Crippen molar-refractivity contribution in [2.75, 3.05) is 0 Å². The van der Waals surface area contributed by atoms with Crippen LogP contribution in [0.1, 0.15) is 23.2 Å². The van der Waals surface area contributed by atoms with Crippen molar-refractivity contribution >= 4 is 22.6 Å². The Hall–Kier alpha value is -0.340. The molecule has 0 fully saturated rings. The maximum Gasteiger partial charge on any atom is 0.280 e. The fraction of sp³-hybridized carbons (Fsp3) is 0.375. The summed E-state index contributed by atoms with van der Waals surface area (Å²) in [5.41, 5.74) is 5.83. The summed E-state index contributed by atoms with van der Waals surface area (Å²) in [5, 5.41) is 8.86. The molecule has 0 amide bonds. The summed E-state index contributed by atoms with van der Waals surface area (Å²) in [6, 6.07) is 1.47. The fourth-order valence-corrected chi connectivity index (χ4v) is 1.69. The zero-order valence-electron chi connectivity index (χ0n) is 7.17. The van der Waals surface area contributed by atoms with E-state index in [0.29, 0.717) is 9.26 Å². The number of halogens is 3. The molecule has 0 aliphatic rings. The molecule has 0 radical (unpaired) electrons. The van der Waals surface area contributed by atoms with Gasteiger partial charge in [0.05, 0.1) is 6.61 Å². The first-order valence-corrected chi connectivity index (χ1v) is 4.95. The number of aliphatic hydroxyl groups is 1. The summed E-state index contributed by atoms with van der Waals surface area (Å²) in [5.74, 6) is 0. The van der Waals surface area contributed by atoms with Crippen LogP contribution in [0.4, 0.5) is 8.78 Å². The zero-order valence-corrected chi connectivity index (χ0v) is 9.33. The van der Waals surface area contributed by atoms with Gasteiger partial charge in [-0.15, -0.1) is 0 Å². The van der Waals surface area contributed by atoms with E-state index in [1.54, 1.807) is 0 Å². The van der Waals surface area contributed by atoms with Gasteiger partial charge in [0.1, 0.15) is 9.39 Å². The van der Waals surface area contributed by atoms with Crippen LogP contribution in [0.5, 0.6) is 0 Å². The van der Waals surface area contributed by atoms with E-state index in [-0.39, 0.29) is 17.8 Å². The quantitative estimate of drug-likeness (QED) is 0.658. The van der Waals surface area contributed by atoms with Gasteiger partial charge in [0, 0.05) is 12.1 Å². The Bertz CT molecular complexity index is 333. The molecule has 0 aliphatic carbocycles. The van der Waals surface area contributed by atoms with Crippen LogP contribution in [0.15, 0.2) is 6.07 Å². The standard InChI is InChI=1S/C8H9F2IN2O/c9-7(10)6-5(3-14)1-4(2-12)8(11)13-6/h1,7,14H,2-3,12H2. The van der Waals surface area contributed by atoms with E-state index in [9.17, 15) is 8.78 Å². The first-order valence-electron chi connectivity index (χ1n) is 3.87. The number of hydrogen-bond donors (Lipinski definition) is 2. The molecule has 3 nitrogen and oxygen atoms in total.